The van der Waals surface area contributed by atoms with Gasteiger partial charge in [-0.2, -0.15) is 0 Å². The van der Waals surface area contributed by atoms with Crippen LogP contribution in [0.4, 0.5) is 0 Å². The molecule has 0 saturated heterocycles. The Bertz CT molecular complexity index is 318. The molecule has 1 rings (SSSR count). The zero-order valence-corrected chi connectivity index (χ0v) is 5.92. The molecule has 0 unspecified atom stereocenters. The average molecular weight is 153 g/mol. The minimum absolute atomic E-state index is 0.0278. The van der Waals surface area contributed by atoms with Crippen molar-refractivity contribution in [2.24, 2.45) is 0 Å². The van der Waals surface area contributed by atoms with Gasteiger partial charge < -0.3 is 10.3 Å². The third-order valence-corrected chi connectivity index (χ3v) is 1.11. The van der Waals surface area contributed by atoms with E-state index < -0.39 is 5.91 Å². The van der Waals surface area contributed by atoms with Crippen molar-refractivity contribution < 1.29 is 4.79 Å². The highest BCUT2D eigenvalue weighted by atomic mass is 16.2. The van der Waals surface area contributed by atoms with Crippen molar-refractivity contribution in [3.05, 3.63) is 28.4 Å². The molecule has 0 saturated carbocycles. The molecule has 1 amide bonds. The highest BCUT2D eigenvalue weighted by molar-refractivity contribution is 5.89. The first kappa shape index (κ1) is 7.46. The molecule has 1 aromatic heterocycles. The number of rotatable bonds is 1. The molecule has 11 heavy (non-hydrogen) atoms. The zero-order valence-electron chi connectivity index (χ0n) is 5.92. The van der Waals surface area contributed by atoms with E-state index in [0.29, 0.717) is 0 Å². The molecule has 1 heterocycles. The molecule has 0 aromatic carbocycles. The first-order chi connectivity index (χ1) is 5.24. The fraction of sp³-hybridized carbons (Fsp3) is 0.167. The van der Waals surface area contributed by atoms with Crippen LogP contribution >= 0.6 is 0 Å². The predicted molar refractivity (Wildman–Crippen MR) is 38.2 cm³/mol. The molecule has 5 nitrogen and oxygen atoms in total. The van der Waals surface area contributed by atoms with Gasteiger partial charge in [-0.15, -0.1) is 0 Å². The summed E-state index contributed by atoms with van der Waals surface area (Å²) in [7, 11) is 1.47. The number of carbonyl (C=O) groups is 1. The average Bonchev–Trinajstić information content (AvgIpc) is 2.03. The number of H-pyrrole nitrogens is 1. The van der Waals surface area contributed by atoms with Gasteiger partial charge in [0.05, 0.1) is 0 Å². The Morgan fingerprint density at radius 3 is 3.00 bits per heavy atom. The van der Waals surface area contributed by atoms with Gasteiger partial charge in [0, 0.05) is 19.3 Å². The number of amides is 1. The molecule has 2 N–H and O–H groups in total. The van der Waals surface area contributed by atoms with Gasteiger partial charge in [0.25, 0.3) is 11.5 Å². The lowest BCUT2D eigenvalue weighted by molar-refractivity contribution is 0.0952. The molecule has 0 bridgehead atoms. The van der Waals surface area contributed by atoms with Gasteiger partial charge in [0.1, 0.15) is 0 Å². The number of nitrogens with zero attached hydrogens (tertiary/aromatic N) is 1. The largest absolute Gasteiger partial charge is 0.352 e. The minimum atomic E-state index is -0.400. The Labute approximate surface area is 62.5 Å². The van der Waals surface area contributed by atoms with Crippen LogP contribution in [0.3, 0.4) is 0 Å². The number of aromatic amines is 1. The second-order valence-electron chi connectivity index (χ2n) is 1.86. The highest BCUT2D eigenvalue weighted by Gasteiger charge is 2.02. The summed E-state index contributed by atoms with van der Waals surface area (Å²) in [4.78, 5) is 27.4. The maximum absolute atomic E-state index is 10.8. The van der Waals surface area contributed by atoms with E-state index in [1.807, 2.05) is 0 Å². The SMILES string of the molecule is CNC(=O)c1nccc(=O)[nH]1. The molecule has 0 atom stereocenters. The molecule has 0 fully saturated rings. The van der Waals surface area contributed by atoms with E-state index in [1.165, 1.54) is 19.3 Å². The second kappa shape index (κ2) is 2.96. The van der Waals surface area contributed by atoms with Crippen LogP contribution in [0.15, 0.2) is 17.1 Å². The summed E-state index contributed by atoms with van der Waals surface area (Å²) in [6.07, 6.45) is 1.28. The summed E-state index contributed by atoms with van der Waals surface area (Å²) in [5.74, 6) is -0.372. The van der Waals surface area contributed by atoms with Crippen molar-refractivity contribution in [1.82, 2.24) is 15.3 Å². The Kier molecular flexibility index (Phi) is 2.00. The molecular formula is C6H7N3O2. The molecule has 0 spiro atoms. The molecule has 0 aliphatic heterocycles. The van der Waals surface area contributed by atoms with E-state index >= 15 is 0 Å². The van der Waals surface area contributed by atoms with Crippen LogP contribution in [-0.2, 0) is 0 Å². The van der Waals surface area contributed by atoms with Gasteiger partial charge in [-0.1, -0.05) is 0 Å². The van der Waals surface area contributed by atoms with Crippen LogP contribution in [-0.4, -0.2) is 22.9 Å². The zero-order chi connectivity index (χ0) is 8.27. The van der Waals surface area contributed by atoms with E-state index in [4.69, 9.17) is 0 Å². The molecular weight excluding hydrogens is 146 g/mol. The standard InChI is InChI=1S/C6H7N3O2/c1-7-6(11)5-8-3-2-4(10)9-5/h2-3H,1H3,(H,7,11)(H,8,9,10). The number of aromatic nitrogens is 2. The van der Waals surface area contributed by atoms with Gasteiger partial charge in [-0.25, -0.2) is 4.98 Å². The molecule has 1 aromatic rings. The van der Waals surface area contributed by atoms with Crippen molar-refractivity contribution in [1.29, 1.82) is 0 Å². The third-order valence-electron chi connectivity index (χ3n) is 1.11. The van der Waals surface area contributed by atoms with Crippen LogP contribution in [0.1, 0.15) is 10.6 Å². The summed E-state index contributed by atoms with van der Waals surface area (Å²) in [6.45, 7) is 0. The van der Waals surface area contributed by atoms with Crippen molar-refractivity contribution in [2.75, 3.05) is 7.05 Å². The minimum Gasteiger partial charge on any atom is -0.352 e. The Hall–Kier alpha value is -1.65. The summed E-state index contributed by atoms with van der Waals surface area (Å²) in [6, 6.07) is 1.24. The fourth-order valence-electron chi connectivity index (χ4n) is 0.604. The predicted octanol–water partition coefficient (Wildman–Crippen LogP) is -0.871. The van der Waals surface area contributed by atoms with Gasteiger partial charge in [-0.3, -0.25) is 9.59 Å². The second-order valence-corrected chi connectivity index (χ2v) is 1.86. The molecule has 0 aliphatic carbocycles. The van der Waals surface area contributed by atoms with Crippen LogP contribution < -0.4 is 10.9 Å². The van der Waals surface area contributed by atoms with Crippen molar-refractivity contribution in [3.8, 4) is 0 Å². The maximum atomic E-state index is 10.8. The highest BCUT2D eigenvalue weighted by Crippen LogP contribution is 1.80. The van der Waals surface area contributed by atoms with Crippen molar-refractivity contribution in [3.63, 3.8) is 0 Å². The first-order valence-electron chi connectivity index (χ1n) is 3.01. The van der Waals surface area contributed by atoms with E-state index in [2.05, 4.69) is 15.3 Å². The quantitative estimate of drug-likeness (QED) is 0.550. The monoisotopic (exact) mass is 153 g/mol. The smallest absolute Gasteiger partial charge is 0.286 e. The van der Waals surface area contributed by atoms with Crippen LogP contribution in [0.5, 0.6) is 0 Å². The van der Waals surface area contributed by atoms with E-state index in [-0.39, 0.29) is 11.4 Å². The Morgan fingerprint density at radius 2 is 2.45 bits per heavy atom. The lowest BCUT2D eigenvalue weighted by Gasteiger charge is -1.95. The van der Waals surface area contributed by atoms with Crippen molar-refractivity contribution >= 4 is 5.91 Å². The molecule has 0 radical (unpaired) electrons. The Morgan fingerprint density at radius 1 is 1.73 bits per heavy atom. The third kappa shape index (κ3) is 1.64. The normalized spacial score (nSPS) is 9.18. The van der Waals surface area contributed by atoms with Crippen LogP contribution in [0.2, 0.25) is 0 Å². The summed E-state index contributed by atoms with van der Waals surface area (Å²) < 4.78 is 0. The number of carbonyl (C=O) groups excluding carboxylic acids is 1. The molecule has 58 valence electrons. The first-order valence-corrected chi connectivity index (χ1v) is 3.01. The van der Waals surface area contributed by atoms with Gasteiger partial charge in [0.15, 0.2) is 5.82 Å². The summed E-state index contributed by atoms with van der Waals surface area (Å²) >= 11 is 0. The number of hydrogen-bond acceptors (Lipinski definition) is 3. The molecule has 5 heteroatoms. The van der Waals surface area contributed by atoms with E-state index in [1.54, 1.807) is 0 Å². The van der Waals surface area contributed by atoms with Gasteiger partial charge in [0.2, 0.25) is 0 Å². The summed E-state index contributed by atoms with van der Waals surface area (Å²) in [5.41, 5.74) is -0.335. The van der Waals surface area contributed by atoms with Gasteiger partial charge in [-0.05, 0) is 0 Å². The lowest BCUT2D eigenvalue weighted by atomic mass is 10.5. The van der Waals surface area contributed by atoms with Crippen molar-refractivity contribution in [2.45, 2.75) is 0 Å². The summed E-state index contributed by atoms with van der Waals surface area (Å²) in [5, 5.41) is 2.34. The van der Waals surface area contributed by atoms with E-state index in [9.17, 15) is 9.59 Å². The fourth-order valence-corrected chi connectivity index (χ4v) is 0.604. The number of nitrogens with one attached hydrogen (secondary N) is 2. The lowest BCUT2D eigenvalue weighted by Crippen LogP contribution is -2.23. The topological polar surface area (TPSA) is 74.8 Å². The maximum Gasteiger partial charge on any atom is 0.286 e. The van der Waals surface area contributed by atoms with Gasteiger partial charge >= 0.3 is 0 Å². The van der Waals surface area contributed by atoms with Crippen LogP contribution in [0.25, 0.3) is 0 Å². The number of hydrogen-bond donors (Lipinski definition) is 2. The van der Waals surface area contributed by atoms with Crippen LogP contribution in [0, 0.1) is 0 Å². The molecule has 0 aliphatic rings. The van der Waals surface area contributed by atoms with E-state index in [0.717, 1.165) is 0 Å². The Balaban J connectivity index is 3.05.